The molecule has 0 amide bonds. The standard InChI is InChI=1S/C12H14N4O2S2/c17-20(18)6-3-10(4-7-20)16-11(14-15-12(16)19)9-2-1-5-13-8-9/h1-2,5,8,10H,3-4,6-7H2,(H,15,19). The fourth-order valence-electron chi connectivity index (χ4n) is 2.48. The van der Waals surface area contributed by atoms with Gasteiger partial charge in [0.1, 0.15) is 9.84 Å². The van der Waals surface area contributed by atoms with Crippen molar-refractivity contribution in [3.05, 3.63) is 29.3 Å². The molecule has 1 aliphatic rings. The second-order valence-electron chi connectivity index (χ2n) is 4.85. The number of rotatable bonds is 2. The molecule has 106 valence electrons. The number of H-pyrrole nitrogens is 1. The lowest BCUT2D eigenvalue weighted by Crippen LogP contribution is -2.26. The van der Waals surface area contributed by atoms with Crippen LogP contribution in [0.5, 0.6) is 0 Å². The lowest BCUT2D eigenvalue weighted by molar-refractivity contribution is 0.448. The van der Waals surface area contributed by atoms with E-state index in [1.807, 2.05) is 16.7 Å². The van der Waals surface area contributed by atoms with E-state index in [1.54, 1.807) is 12.4 Å². The summed E-state index contributed by atoms with van der Waals surface area (Å²) in [6, 6.07) is 3.82. The third-order valence-electron chi connectivity index (χ3n) is 3.51. The fourth-order valence-corrected chi connectivity index (χ4v) is 4.23. The summed E-state index contributed by atoms with van der Waals surface area (Å²) in [5.74, 6) is 1.13. The van der Waals surface area contributed by atoms with Gasteiger partial charge in [-0.2, -0.15) is 5.10 Å². The molecule has 20 heavy (non-hydrogen) atoms. The van der Waals surface area contributed by atoms with E-state index in [4.69, 9.17) is 12.2 Å². The first-order valence-corrected chi connectivity index (χ1v) is 8.57. The normalized spacial score (nSPS) is 19.0. The van der Waals surface area contributed by atoms with E-state index in [-0.39, 0.29) is 17.5 Å². The molecule has 1 aliphatic heterocycles. The van der Waals surface area contributed by atoms with Crippen molar-refractivity contribution in [1.82, 2.24) is 19.7 Å². The molecule has 3 heterocycles. The molecule has 2 aromatic rings. The first-order valence-electron chi connectivity index (χ1n) is 6.34. The molecule has 3 rings (SSSR count). The zero-order valence-corrected chi connectivity index (χ0v) is 12.3. The maximum atomic E-state index is 11.5. The highest BCUT2D eigenvalue weighted by Gasteiger charge is 2.27. The van der Waals surface area contributed by atoms with Gasteiger partial charge in [-0.3, -0.25) is 14.6 Å². The van der Waals surface area contributed by atoms with Crippen LogP contribution in [0.4, 0.5) is 0 Å². The van der Waals surface area contributed by atoms with Gasteiger partial charge in [-0.1, -0.05) is 0 Å². The molecule has 0 aliphatic carbocycles. The van der Waals surface area contributed by atoms with Crippen molar-refractivity contribution in [2.75, 3.05) is 11.5 Å². The Balaban J connectivity index is 1.99. The molecule has 0 saturated carbocycles. The summed E-state index contributed by atoms with van der Waals surface area (Å²) in [5.41, 5.74) is 0.869. The molecule has 1 fully saturated rings. The Morgan fingerprint density at radius 1 is 1.35 bits per heavy atom. The van der Waals surface area contributed by atoms with Gasteiger partial charge in [0.05, 0.1) is 11.5 Å². The lowest BCUT2D eigenvalue weighted by atomic mass is 10.1. The third-order valence-corrected chi connectivity index (χ3v) is 5.52. The number of sulfone groups is 1. The number of aromatic nitrogens is 4. The molecule has 0 unspecified atom stereocenters. The van der Waals surface area contributed by atoms with E-state index in [0.717, 1.165) is 5.56 Å². The summed E-state index contributed by atoms with van der Waals surface area (Å²) < 4.78 is 25.5. The highest BCUT2D eigenvalue weighted by atomic mass is 32.2. The summed E-state index contributed by atoms with van der Waals surface area (Å²) in [6.07, 6.45) is 4.57. The molecule has 0 atom stereocenters. The average Bonchev–Trinajstić information content (AvgIpc) is 2.82. The minimum Gasteiger partial charge on any atom is -0.297 e. The smallest absolute Gasteiger partial charge is 0.195 e. The Morgan fingerprint density at radius 2 is 2.10 bits per heavy atom. The van der Waals surface area contributed by atoms with Crippen molar-refractivity contribution in [3.63, 3.8) is 0 Å². The van der Waals surface area contributed by atoms with Gasteiger partial charge in [0, 0.05) is 24.0 Å². The second kappa shape index (κ2) is 5.10. The molecule has 0 bridgehead atoms. The molecule has 1 N–H and O–H groups in total. The van der Waals surface area contributed by atoms with Crippen molar-refractivity contribution in [3.8, 4) is 11.4 Å². The minimum absolute atomic E-state index is 0.0694. The highest BCUT2D eigenvalue weighted by molar-refractivity contribution is 7.91. The second-order valence-corrected chi connectivity index (χ2v) is 7.54. The van der Waals surface area contributed by atoms with Crippen molar-refractivity contribution in [2.45, 2.75) is 18.9 Å². The summed E-state index contributed by atoms with van der Waals surface area (Å²) in [7, 11) is -2.89. The Labute approximate surface area is 121 Å². The van der Waals surface area contributed by atoms with Crippen LogP contribution in [0.1, 0.15) is 18.9 Å². The van der Waals surface area contributed by atoms with Crippen LogP contribution in [0.15, 0.2) is 24.5 Å². The molecular formula is C12H14N4O2S2. The van der Waals surface area contributed by atoms with Crippen molar-refractivity contribution < 1.29 is 8.42 Å². The first kappa shape index (κ1) is 13.4. The largest absolute Gasteiger partial charge is 0.297 e. The summed E-state index contributed by atoms with van der Waals surface area (Å²) >= 11 is 5.29. The van der Waals surface area contributed by atoms with E-state index in [0.29, 0.717) is 23.4 Å². The van der Waals surface area contributed by atoms with Crippen molar-refractivity contribution in [2.24, 2.45) is 0 Å². The Kier molecular flexibility index (Phi) is 3.43. The topological polar surface area (TPSA) is 80.6 Å². The van der Waals surface area contributed by atoms with Crippen LogP contribution >= 0.6 is 12.2 Å². The quantitative estimate of drug-likeness (QED) is 0.855. The van der Waals surface area contributed by atoms with E-state index in [9.17, 15) is 8.42 Å². The number of nitrogens with zero attached hydrogens (tertiary/aromatic N) is 3. The summed E-state index contributed by atoms with van der Waals surface area (Å²) in [4.78, 5) is 4.08. The summed E-state index contributed by atoms with van der Waals surface area (Å²) in [5, 5.41) is 7.05. The van der Waals surface area contributed by atoms with Crippen LogP contribution < -0.4 is 0 Å². The molecule has 6 nitrogen and oxygen atoms in total. The molecule has 1 saturated heterocycles. The van der Waals surface area contributed by atoms with Crippen LogP contribution in [0, 0.1) is 4.77 Å². The Hall–Kier alpha value is -1.54. The van der Waals surface area contributed by atoms with Crippen molar-refractivity contribution in [1.29, 1.82) is 0 Å². The number of pyridine rings is 1. The van der Waals surface area contributed by atoms with Crippen LogP contribution in [-0.2, 0) is 9.84 Å². The van der Waals surface area contributed by atoms with Gasteiger partial charge in [-0.05, 0) is 37.2 Å². The van der Waals surface area contributed by atoms with Gasteiger partial charge < -0.3 is 0 Å². The Morgan fingerprint density at radius 3 is 2.75 bits per heavy atom. The van der Waals surface area contributed by atoms with E-state index in [1.165, 1.54) is 0 Å². The molecule has 8 heteroatoms. The summed E-state index contributed by atoms with van der Waals surface area (Å²) in [6.45, 7) is 0. The zero-order valence-electron chi connectivity index (χ0n) is 10.7. The van der Waals surface area contributed by atoms with E-state index in [2.05, 4.69) is 15.2 Å². The van der Waals surface area contributed by atoms with Gasteiger partial charge in [0.25, 0.3) is 0 Å². The maximum absolute atomic E-state index is 11.5. The lowest BCUT2D eigenvalue weighted by Gasteiger charge is -2.24. The van der Waals surface area contributed by atoms with E-state index < -0.39 is 9.84 Å². The zero-order chi connectivity index (χ0) is 14.2. The van der Waals surface area contributed by atoms with Gasteiger partial charge in [0.2, 0.25) is 0 Å². The predicted molar refractivity (Wildman–Crippen MR) is 77.6 cm³/mol. The average molecular weight is 310 g/mol. The number of hydrogen-bond acceptors (Lipinski definition) is 5. The SMILES string of the molecule is O=S1(=O)CCC(n2c(-c3cccnc3)n[nH]c2=S)CC1. The number of aromatic amines is 1. The first-order chi connectivity index (χ1) is 9.57. The molecule has 2 aromatic heterocycles. The number of nitrogens with one attached hydrogen (secondary N) is 1. The van der Waals surface area contributed by atoms with Crippen LogP contribution in [-0.4, -0.2) is 39.7 Å². The van der Waals surface area contributed by atoms with Gasteiger partial charge in [-0.25, -0.2) is 8.42 Å². The van der Waals surface area contributed by atoms with Gasteiger partial charge in [-0.15, -0.1) is 0 Å². The molecular weight excluding hydrogens is 296 g/mol. The minimum atomic E-state index is -2.89. The predicted octanol–water partition coefficient (Wildman–Crippen LogP) is 1.75. The van der Waals surface area contributed by atoms with Gasteiger partial charge >= 0.3 is 0 Å². The fraction of sp³-hybridized carbons (Fsp3) is 0.417. The molecule has 0 spiro atoms. The van der Waals surface area contributed by atoms with E-state index >= 15 is 0 Å². The van der Waals surface area contributed by atoms with Gasteiger partial charge in [0.15, 0.2) is 10.6 Å². The molecule has 0 aromatic carbocycles. The molecule has 0 radical (unpaired) electrons. The maximum Gasteiger partial charge on any atom is 0.195 e. The van der Waals surface area contributed by atoms with Crippen LogP contribution in [0.2, 0.25) is 0 Å². The highest BCUT2D eigenvalue weighted by Crippen LogP contribution is 2.28. The third kappa shape index (κ3) is 2.53. The van der Waals surface area contributed by atoms with Crippen molar-refractivity contribution >= 4 is 22.1 Å². The van der Waals surface area contributed by atoms with Crippen LogP contribution in [0.3, 0.4) is 0 Å². The monoisotopic (exact) mass is 310 g/mol. The Bertz CT molecular complexity index is 750. The van der Waals surface area contributed by atoms with Crippen LogP contribution in [0.25, 0.3) is 11.4 Å². The number of hydrogen-bond donors (Lipinski definition) is 1.